The van der Waals surface area contributed by atoms with Crippen molar-refractivity contribution in [2.75, 3.05) is 44.7 Å². The summed E-state index contributed by atoms with van der Waals surface area (Å²) in [6, 6.07) is 22.7. The maximum absolute atomic E-state index is 13.3. The Labute approximate surface area is 258 Å². The first-order valence-electron chi connectivity index (χ1n) is 14.9. The average molecular weight is 604 g/mol. The lowest BCUT2D eigenvalue weighted by atomic mass is 9.79. The van der Waals surface area contributed by atoms with Gasteiger partial charge in [-0.15, -0.1) is 0 Å². The first-order chi connectivity index (χ1) is 20.5. The van der Waals surface area contributed by atoms with E-state index in [1.165, 1.54) is 11.1 Å². The number of nitrogens with zero attached hydrogens (tertiary/aromatic N) is 3. The minimum Gasteiger partial charge on any atom is -0.381 e. The van der Waals surface area contributed by atoms with Crippen LogP contribution in [-0.2, 0) is 16.0 Å². The maximum atomic E-state index is 13.3. The highest BCUT2D eigenvalue weighted by Crippen LogP contribution is 2.42. The molecule has 0 aliphatic carbocycles. The third-order valence-corrected chi connectivity index (χ3v) is 9.51. The van der Waals surface area contributed by atoms with Crippen LogP contribution in [0.3, 0.4) is 0 Å². The van der Waals surface area contributed by atoms with Gasteiger partial charge < -0.3 is 15.0 Å². The van der Waals surface area contributed by atoms with Crippen LogP contribution in [0, 0.1) is 17.2 Å². The quantitative estimate of drug-likeness (QED) is 0.330. The third kappa shape index (κ3) is 6.67. The van der Waals surface area contributed by atoms with E-state index in [2.05, 4.69) is 45.5 Å². The van der Waals surface area contributed by atoms with Crippen molar-refractivity contribution in [3.8, 4) is 17.2 Å². The van der Waals surface area contributed by atoms with Gasteiger partial charge in [0.05, 0.1) is 18.2 Å². The van der Waals surface area contributed by atoms with Crippen LogP contribution in [0.15, 0.2) is 60.7 Å². The number of nitriles is 1. The molecule has 6 nitrogen and oxygen atoms in total. The van der Waals surface area contributed by atoms with Gasteiger partial charge in [0, 0.05) is 47.6 Å². The predicted octanol–water partition coefficient (Wildman–Crippen LogP) is 6.96. The van der Waals surface area contributed by atoms with Crippen molar-refractivity contribution in [3.63, 3.8) is 0 Å². The van der Waals surface area contributed by atoms with E-state index in [-0.39, 0.29) is 11.9 Å². The molecule has 1 amide bonds. The summed E-state index contributed by atoms with van der Waals surface area (Å²) >= 11 is 12.4. The normalized spacial score (nSPS) is 20.5. The number of amides is 1. The molecule has 0 radical (unpaired) electrons. The van der Waals surface area contributed by atoms with Crippen molar-refractivity contribution >= 4 is 34.8 Å². The van der Waals surface area contributed by atoms with Crippen LogP contribution in [-0.4, -0.2) is 61.1 Å². The fourth-order valence-corrected chi connectivity index (χ4v) is 7.58. The molecule has 3 aromatic carbocycles. The second kappa shape index (κ2) is 13.2. The van der Waals surface area contributed by atoms with Crippen LogP contribution in [0.5, 0.6) is 0 Å². The minimum absolute atomic E-state index is 0.0636. The smallest absolute Gasteiger partial charge is 0.238 e. The molecule has 1 N–H and O–H groups in total. The second-order valence-electron chi connectivity index (χ2n) is 11.7. The molecule has 0 spiro atoms. The maximum Gasteiger partial charge on any atom is 0.238 e. The molecule has 2 saturated heterocycles. The summed E-state index contributed by atoms with van der Waals surface area (Å²) in [6.07, 6.45) is 5.32. The number of halogens is 2. The van der Waals surface area contributed by atoms with Crippen molar-refractivity contribution in [1.29, 1.82) is 5.26 Å². The van der Waals surface area contributed by atoms with Gasteiger partial charge in [0.25, 0.3) is 0 Å². The summed E-state index contributed by atoms with van der Waals surface area (Å²) < 4.78 is 5.61. The Morgan fingerprint density at radius 3 is 2.40 bits per heavy atom. The lowest BCUT2D eigenvalue weighted by Gasteiger charge is -2.46. The number of piperidine rings is 1. The van der Waals surface area contributed by atoms with Gasteiger partial charge in [-0.05, 0) is 104 Å². The number of anilines is 1. The van der Waals surface area contributed by atoms with Crippen molar-refractivity contribution in [3.05, 3.63) is 87.4 Å². The number of ether oxygens (including phenoxy) is 1. The Morgan fingerprint density at radius 1 is 0.929 bits per heavy atom. The van der Waals surface area contributed by atoms with E-state index >= 15 is 0 Å². The number of carbonyl (C=O) groups is 1. The molecule has 0 saturated carbocycles. The van der Waals surface area contributed by atoms with Crippen molar-refractivity contribution < 1.29 is 9.53 Å². The zero-order valence-corrected chi connectivity index (χ0v) is 25.2. The zero-order valence-electron chi connectivity index (χ0n) is 23.7. The molecule has 1 atom stereocenters. The highest BCUT2D eigenvalue weighted by Gasteiger charge is 2.37. The van der Waals surface area contributed by atoms with E-state index in [9.17, 15) is 10.1 Å². The summed E-state index contributed by atoms with van der Waals surface area (Å²) in [5.41, 5.74) is 6.12. The largest absolute Gasteiger partial charge is 0.381 e. The third-order valence-electron chi connectivity index (χ3n) is 9.07. The summed E-state index contributed by atoms with van der Waals surface area (Å²) in [7, 11) is 0. The van der Waals surface area contributed by atoms with Gasteiger partial charge in [-0.25, -0.2) is 0 Å². The van der Waals surface area contributed by atoms with E-state index in [0.717, 1.165) is 76.1 Å². The lowest BCUT2D eigenvalue weighted by Crippen LogP contribution is -2.48. The van der Waals surface area contributed by atoms with Gasteiger partial charge in [0.15, 0.2) is 0 Å². The highest BCUT2D eigenvalue weighted by atomic mass is 35.5. The van der Waals surface area contributed by atoms with Crippen LogP contribution < -0.4 is 5.32 Å². The fourth-order valence-electron chi connectivity index (χ4n) is 7.05. The number of hydrogen-bond acceptors (Lipinski definition) is 5. The van der Waals surface area contributed by atoms with Gasteiger partial charge in [0.2, 0.25) is 5.91 Å². The van der Waals surface area contributed by atoms with Crippen LogP contribution in [0.1, 0.15) is 48.4 Å². The summed E-state index contributed by atoms with van der Waals surface area (Å²) in [5.74, 6) is 0.396. The fraction of sp³-hybridized carbons (Fsp3) is 0.412. The number of likely N-dealkylation sites (tertiary alicyclic amines) is 1. The summed E-state index contributed by atoms with van der Waals surface area (Å²) in [5, 5.41) is 13.4. The Kier molecular flexibility index (Phi) is 9.14. The molecule has 3 aliphatic rings. The molecule has 6 rings (SSSR count). The monoisotopic (exact) mass is 602 g/mol. The number of nitrogens with one attached hydrogen (secondary N) is 1. The van der Waals surface area contributed by atoms with Crippen LogP contribution in [0.4, 0.5) is 5.69 Å². The molecule has 0 aromatic heterocycles. The molecular formula is C34H36Cl2N4O2. The van der Waals surface area contributed by atoms with Crippen molar-refractivity contribution in [2.45, 2.75) is 44.2 Å². The molecule has 3 aromatic rings. The molecule has 3 heterocycles. The van der Waals surface area contributed by atoms with E-state index in [1.54, 1.807) is 18.2 Å². The van der Waals surface area contributed by atoms with Crippen LogP contribution in [0.25, 0.3) is 11.1 Å². The molecule has 218 valence electrons. The number of hydrogen-bond donors (Lipinski definition) is 1. The van der Waals surface area contributed by atoms with Gasteiger partial charge >= 0.3 is 0 Å². The molecule has 0 bridgehead atoms. The van der Waals surface area contributed by atoms with Gasteiger partial charge in [-0.2, -0.15) is 5.26 Å². The van der Waals surface area contributed by atoms with Crippen molar-refractivity contribution in [1.82, 2.24) is 9.80 Å². The standard InChI is InChI=1S/C34H36Cl2N4O2/c35-28-18-29(36)20-30(19-28)38-33(41)22-40-13-8-27-17-26(25-3-1-2-23(16-25)21-37)4-5-32(27)34(40)24-6-11-39(12-7-24)31-9-14-42-15-10-31/h1-5,16-20,24,31,34H,6-15,22H2,(H,38,41). The number of rotatable bonds is 6. The lowest BCUT2D eigenvalue weighted by molar-refractivity contribution is -0.118. The number of carbonyl (C=O) groups excluding carboxylic acids is 1. The second-order valence-corrected chi connectivity index (χ2v) is 12.6. The topological polar surface area (TPSA) is 68.6 Å². The average Bonchev–Trinajstić information content (AvgIpc) is 3.01. The summed E-state index contributed by atoms with van der Waals surface area (Å²) in [6.45, 7) is 5.01. The predicted molar refractivity (Wildman–Crippen MR) is 168 cm³/mol. The van der Waals surface area contributed by atoms with E-state index in [1.807, 2.05) is 18.2 Å². The van der Waals surface area contributed by atoms with Crippen molar-refractivity contribution in [2.24, 2.45) is 5.92 Å². The molecule has 42 heavy (non-hydrogen) atoms. The summed E-state index contributed by atoms with van der Waals surface area (Å²) in [4.78, 5) is 18.3. The van der Waals surface area contributed by atoms with E-state index in [4.69, 9.17) is 27.9 Å². The van der Waals surface area contributed by atoms with Crippen LogP contribution in [0.2, 0.25) is 10.0 Å². The van der Waals surface area contributed by atoms with Gasteiger partial charge in [-0.3, -0.25) is 9.69 Å². The molecule has 2 fully saturated rings. The Morgan fingerprint density at radius 2 is 1.67 bits per heavy atom. The number of benzene rings is 3. The Hall–Kier alpha value is -2.92. The van der Waals surface area contributed by atoms with Gasteiger partial charge in [-0.1, -0.05) is 53.5 Å². The first-order valence-corrected chi connectivity index (χ1v) is 15.7. The van der Waals surface area contributed by atoms with Crippen LogP contribution >= 0.6 is 23.2 Å². The Balaban J connectivity index is 1.24. The number of fused-ring (bicyclic) bond motifs is 1. The van der Waals surface area contributed by atoms with E-state index < -0.39 is 0 Å². The molecular weight excluding hydrogens is 567 g/mol. The molecule has 8 heteroatoms. The minimum atomic E-state index is -0.0636. The van der Waals surface area contributed by atoms with Gasteiger partial charge in [0.1, 0.15) is 0 Å². The Bertz CT molecular complexity index is 1450. The highest BCUT2D eigenvalue weighted by molar-refractivity contribution is 6.35. The molecule has 3 aliphatic heterocycles. The first kappa shape index (κ1) is 29.2. The molecule has 1 unspecified atom stereocenters. The van der Waals surface area contributed by atoms with E-state index in [0.29, 0.717) is 39.8 Å². The zero-order chi connectivity index (χ0) is 29.1. The SMILES string of the molecule is N#Cc1cccc(-c2ccc3c(c2)CCN(CC(=O)Nc2cc(Cl)cc(Cl)c2)C3C2CCN(C3CCOCC3)CC2)c1.